The van der Waals surface area contributed by atoms with Gasteiger partial charge in [0.25, 0.3) is 0 Å². The molecule has 0 saturated heterocycles. The molecule has 144 valence electrons. The van der Waals surface area contributed by atoms with Crippen molar-refractivity contribution in [2.24, 2.45) is 0 Å². The lowest BCUT2D eigenvalue weighted by Crippen LogP contribution is -2.51. The summed E-state index contributed by atoms with van der Waals surface area (Å²) in [5, 5.41) is 0.708. The molecule has 0 saturated carbocycles. The van der Waals surface area contributed by atoms with Crippen molar-refractivity contribution in [2.45, 2.75) is 77.8 Å². The van der Waals surface area contributed by atoms with Gasteiger partial charge in [-0.1, -0.05) is 67.7 Å². The molecule has 2 aromatic heterocycles. The van der Waals surface area contributed by atoms with Gasteiger partial charge in [-0.25, -0.2) is 9.97 Å². The Balaban J connectivity index is 0.000000380. The molecule has 0 amide bonds. The van der Waals surface area contributed by atoms with E-state index in [1.54, 1.807) is 18.7 Å². The lowest BCUT2D eigenvalue weighted by atomic mass is 10.2. The van der Waals surface area contributed by atoms with Gasteiger partial charge in [-0.15, -0.1) is 0 Å². The molecule has 0 atom stereocenters. The molecule has 25 heavy (non-hydrogen) atoms. The van der Waals surface area contributed by atoms with Gasteiger partial charge in [0.2, 0.25) is 0 Å². The highest BCUT2D eigenvalue weighted by Crippen LogP contribution is 2.38. The van der Waals surface area contributed by atoms with Gasteiger partial charge in [0.1, 0.15) is 8.07 Å². The van der Waals surface area contributed by atoms with E-state index in [2.05, 4.69) is 87.7 Å². The van der Waals surface area contributed by atoms with Crippen molar-refractivity contribution in [1.82, 2.24) is 19.9 Å². The number of H-pyrrole nitrogens is 2. The Morgan fingerprint density at radius 2 is 1.40 bits per heavy atom. The molecule has 2 N–H and O–H groups in total. The van der Waals surface area contributed by atoms with Crippen LogP contribution in [0.3, 0.4) is 0 Å². The fraction of sp³-hybridized carbons (Fsp3) is 0.667. The van der Waals surface area contributed by atoms with Gasteiger partial charge in [0, 0.05) is 24.8 Å². The predicted octanol–water partition coefficient (Wildman–Crippen LogP) is 5.77. The second-order valence-corrected chi connectivity index (χ2v) is 21.8. The molecule has 4 nitrogen and oxygen atoms in total. The van der Waals surface area contributed by atoms with Gasteiger partial charge in [-0.3, -0.25) is 0 Å². The Bertz CT molecular complexity index is 531. The highest BCUT2D eigenvalue weighted by Gasteiger charge is 2.39. The van der Waals surface area contributed by atoms with Crippen LogP contribution in [-0.2, 0) is 0 Å². The maximum Gasteiger partial charge on any atom is 0.155 e. The summed E-state index contributed by atoms with van der Waals surface area (Å²) in [5.74, 6) is 0. The molecule has 2 heterocycles. The van der Waals surface area contributed by atoms with Crippen LogP contribution in [0.4, 0.5) is 0 Å². The average Bonchev–Trinajstić information content (AvgIpc) is 3.13. The monoisotopic (exact) mass is 400 g/mol. The van der Waals surface area contributed by atoms with Gasteiger partial charge in [-0.2, -0.15) is 11.1 Å². The summed E-state index contributed by atoms with van der Waals surface area (Å²) in [4.78, 5) is 14.0. The first-order chi connectivity index (χ1) is 11.1. The average molecular weight is 401 g/mol. The molecule has 0 aliphatic carbocycles. The van der Waals surface area contributed by atoms with Crippen LogP contribution in [0.1, 0.15) is 41.5 Å². The third-order valence-corrected chi connectivity index (χ3v) is 15.6. The van der Waals surface area contributed by atoms with Crippen LogP contribution >= 0.6 is 11.1 Å². The fourth-order valence-electron chi connectivity index (χ4n) is 1.18. The number of hydrogen-bond acceptors (Lipinski definition) is 2. The molecular formula is C18H37ClN4Si2. The molecule has 7 heteroatoms. The smallest absolute Gasteiger partial charge is 0.155 e. The summed E-state index contributed by atoms with van der Waals surface area (Å²) in [7, 11) is -2.78. The topological polar surface area (TPSA) is 57.4 Å². The minimum Gasteiger partial charge on any atom is -0.353 e. The van der Waals surface area contributed by atoms with Gasteiger partial charge >= 0.3 is 0 Å². The highest BCUT2D eigenvalue weighted by molar-refractivity contribution is 7.20. The molecule has 0 bridgehead atoms. The number of rotatable bonds is 1. The Morgan fingerprint density at radius 3 is 1.60 bits per heavy atom. The Kier molecular flexibility index (Phi) is 8.87. The first kappa shape index (κ1) is 24.1. The minimum absolute atomic E-state index is 0.342. The molecule has 2 aromatic rings. The summed E-state index contributed by atoms with van der Waals surface area (Å²) < 4.78 is 0. The number of aromatic nitrogens is 4. The molecule has 0 aromatic carbocycles. The van der Waals surface area contributed by atoms with Crippen LogP contribution in [0.15, 0.2) is 31.1 Å². The van der Waals surface area contributed by atoms with E-state index < -0.39 is 15.5 Å². The first-order valence-electron chi connectivity index (χ1n) is 8.72. The van der Waals surface area contributed by atoms with Crippen molar-refractivity contribution in [3.05, 3.63) is 31.1 Å². The van der Waals surface area contributed by atoms with Crippen molar-refractivity contribution in [3.63, 3.8) is 0 Å². The Labute approximate surface area is 161 Å². The third-order valence-electron chi connectivity index (χ3n) is 5.15. The molecule has 0 fully saturated rings. The maximum absolute atomic E-state index is 6.15. The molecule has 0 aliphatic heterocycles. The molecule has 0 radical (unpaired) electrons. The van der Waals surface area contributed by atoms with Crippen molar-refractivity contribution in [3.8, 4) is 0 Å². The van der Waals surface area contributed by atoms with Gasteiger partial charge < -0.3 is 9.97 Å². The predicted molar refractivity (Wildman–Crippen MR) is 117 cm³/mol. The number of nitrogens with zero attached hydrogens (tertiary/aromatic N) is 2. The SMILES string of the molecule is CC(C)(C)[Si](C)(C)Cl.CC(C)(C)[Si](C)(C)c1ncc[nH]1.c1c[nH]cn1. The first-order valence-corrected chi connectivity index (χ1v) is 15.7. The van der Waals surface area contributed by atoms with E-state index >= 15 is 0 Å². The largest absolute Gasteiger partial charge is 0.353 e. The van der Waals surface area contributed by atoms with Crippen LogP contribution < -0.4 is 5.45 Å². The maximum atomic E-state index is 6.15. The quantitative estimate of drug-likeness (QED) is 0.471. The van der Waals surface area contributed by atoms with Crippen LogP contribution in [0.25, 0.3) is 0 Å². The number of aromatic amines is 2. The van der Waals surface area contributed by atoms with E-state index in [4.69, 9.17) is 11.1 Å². The summed E-state index contributed by atoms with van der Waals surface area (Å²) in [6.45, 7) is 22.5. The normalized spacial score (nSPS) is 12.6. The van der Waals surface area contributed by atoms with E-state index in [1.807, 2.05) is 12.4 Å². The zero-order chi connectivity index (χ0) is 19.9. The van der Waals surface area contributed by atoms with E-state index in [0.717, 1.165) is 0 Å². The van der Waals surface area contributed by atoms with Crippen molar-refractivity contribution >= 4 is 32.0 Å². The third kappa shape index (κ3) is 8.38. The second-order valence-electron chi connectivity index (χ2n) is 9.30. The zero-order valence-corrected chi connectivity index (χ0v) is 20.4. The Morgan fingerprint density at radius 1 is 0.880 bits per heavy atom. The van der Waals surface area contributed by atoms with Crippen molar-refractivity contribution in [2.75, 3.05) is 0 Å². The Hall–Kier alpha value is -0.856. The molecule has 0 aliphatic rings. The molecule has 0 unspecified atom stereocenters. The van der Waals surface area contributed by atoms with Crippen molar-refractivity contribution in [1.29, 1.82) is 0 Å². The summed E-state index contributed by atoms with van der Waals surface area (Å²) >= 11 is 6.15. The molecule has 0 spiro atoms. The van der Waals surface area contributed by atoms with Gasteiger partial charge in [-0.05, 0) is 10.1 Å². The molecule has 2 rings (SSSR count). The number of nitrogens with one attached hydrogen (secondary N) is 2. The summed E-state index contributed by atoms with van der Waals surface area (Å²) in [6, 6.07) is 0. The van der Waals surface area contributed by atoms with Gasteiger partial charge in [0.15, 0.2) is 7.38 Å². The fourth-order valence-corrected chi connectivity index (χ4v) is 2.73. The second kappa shape index (κ2) is 9.19. The molecular weight excluding hydrogens is 364 g/mol. The zero-order valence-electron chi connectivity index (χ0n) is 17.7. The van der Waals surface area contributed by atoms with Crippen LogP contribution in [0.5, 0.6) is 0 Å². The number of hydrogen-bond donors (Lipinski definition) is 2. The minimum atomic E-state index is -1.40. The number of halogens is 1. The number of imidazole rings is 2. The van der Waals surface area contributed by atoms with Crippen LogP contribution in [0, 0.1) is 0 Å². The van der Waals surface area contributed by atoms with E-state index in [9.17, 15) is 0 Å². The summed E-state index contributed by atoms with van der Waals surface area (Å²) in [5.41, 5.74) is 1.20. The summed E-state index contributed by atoms with van der Waals surface area (Å²) in [6.07, 6.45) is 8.84. The van der Waals surface area contributed by atoms with Crippen molar-refractivity contribution < 1.29 is 0 Å². The van der Waals surface area contributed by atoms with E-state index in [-0.39, 0.29) is 0 Å². The van der Waals surface area contributed by atoms with Crippen LogP contribution in [-0.4, -0.2) is 35.4 Å². The standard InChI is InChI=1S/C9H18N2Si.C6H15ClSi.C3H4N2/c1-9(2,3)12(4,5)8-10-6-7-11-8;1-6(2,3)8(4,5)7;1-2-5-3-4-1/h6-7H,1-5H3,(H,10,11);1-5H3;1-3H,(H,4,5). The highest BCUT2D eigenvalue weighted by atomic mass is 35.6. The van der Waals surface area contributed by atoms with E-state index in [0.29, 0.717) is 10.1 Å². The lowest BCUT2D eigenvalue weighted by Gasteiger charge is -2.34. The van der Waals surface area contributed by atoms with E-state index in [1.165, 1.54) is 5.45 Å². The van der Waals surface area contributed by atoms with Gasteiger partial charge in [0.05, 0.1) is 11.8 Å². The van der Waals surface area contributed by atoms with Crippen LogP contribution in [0.2, 0.25) is 36.3 Å². The lowest BCUT2D eigenvalue weighted by molar-refractivity contribution is 0.727.